The van der Waals surface area contributed by atoms with Crippen molar-refractivity contribution in [2.24, 2.45) is 0 Å². The Morgan fingerprint density at radius 3 is 1.75 bits per heavy atom. The molecule has 0 heterocycles. The summed E-state index contributed by atoms with van der Waals surface area (Å²) in [4.78, 5) is 0. The lowest BCUT2D eigenvalue weighted by Crippen LogP contribution is -1.08. The summed E-state index contributed by atoms with van der Waals surface area (Å²) in [5, 5.41) is 0. The van der Waals surface area contributed by atoms with E-state index in [4.69, 9.17) is 0 Å². The summed E-state index contributed by atoms with van der Waals surface area (Å²) in [6.07, 6.45) is 1.91. The fraction of sp³-hybridized carbons (Fsp3) is 1.00. The third-order valence-corrected chi connectivity index (χ3v) is 0. The molecule has 4 heavy (non-hydrogen) atoms. The van der Waals surface area contributed by atoms with Crippen molar-refractivity contribution in [1.82, 2.24) is 0 Å². The van der Waals surface area contributed by atoms with Crippen LogP contribution in [-0.4, -0.2) is 6.26 Å². The van der Waals surface area contributed by atoms with E-state index >= 15 is 0 Å². The van der Waals surface area contributed by atoms with Crippen LogP contribution in [0.3, 0.4) is 0 Å². The lowest BCUT2D eigenvalue weighted by molar-refractivity contribution is 2.55. The van der Waals surface area contributed by atoms with Crippen LogP contribution in [-0.2, 0) is 0 Å². The Kier molecular flexibility index (Phi) is 20.0. The zero-order valence-corrected chi connectivity index (χ0v) is 5.07. The zero-order valence-electron chi connectivity index (χ0n) is 2.36. The molecule has 0 bridgehead atoms. The molecule has 0 aromatic carbocycles. The van der Waals surface area contributed by atoms with Gasteiger partial charge >= 0.3 is 0 Å². The second-order valence-corrected chi connectivity index (χ2v) is 1.64. The van der Waals surface area contributed by atoms with Gasteiger partial charge < -0.3 is 0 Å². The first-order chi connectivity index (χ1) is 1.41. The average Bonchev–Trinajstić information content (AvgIpc) is 0.918. The largest absolute Gasteiger partial charge is 0.197 e. The van der Waals surface area contributed by atoms with Crippen molar-refractivity contribution in [3.63, 3.8) is 0 Å². The number of thiol groups is 1. The predicted octanol–water partition coefficient (Wildman–Crippen LogP) is 1.31. The molecule has 0 amide bonds. The van der Waals surface area contributed by atoms with Gasteiger partial charge in [0, 0.05) is 0 Å². The molecule has 0 aliphatic heterocycles. The Balaban J connectivity index is 0. The van der Waals surface area contributed by atoms with Crippen molar-refractivity contribution in [3.05, 3.63) is 0 Å². The normalized spacial score (nSPS) is 4.50. The Bertz CT molecular complexity index is 3.25. The highest BCUT2D eigenvalue weighted by atomic mass is 33.1. The molecule has 0 aromatic rings. The molecule has 28 valence electrons. The number of hydrogen-bond acceptors (Lipinski definition) is 2. The van der Waals surface area contributed by atoms with Crippen LogP contribution >= 0.6 is 36.0 Å². The summed E-state index contributed by atoms with van der Waals surface area (Å²) in [5.41, 5.74) is 0. The third kappa shape index (κ3) is 11.6. The van der Waals surface area contributed by atoms with Crippen LogP contribution in [0.4, 0.5) is 0 Å². The average molecular weight is 114 g/mol. The van der Waals surface area contributed by atoms with E-state index in [0.717, 1.165) is 0 Å². The highest BCUT2D eigenvalue weighted by Crippen LogP contribution is 1.91. The van der Waals surface area contributed by atoms with E-state index in [9.17, 15) is 0 Å². The zero-order chi connectivity index (χ0) is 2.71. The molecule has 0 N–H and O–H groups in total. The minimum atomic E-state index is 0. The second kappa shape index (κ2) is 8.96. The predicted molar refractivity (Wildman–Crippen MR) is 32.9 cm³/mol. The lowest BCUT2D eigenvalue weighted by Gasteiger charge is -1.50. The molecule has 0 rings (SSSR count). The van der Waals surface area contributed by atoms with Gasteiger partial charge in [-0.2, -0.15) is 13.5 Å². The van der Waals surface area contributed by atoms with E-state index in [0.29, 0.717) is 0 Å². The van der Waals surface area contributed by atoms with Crippen molar-refractivity contribution < 1.29 is 0 Å². The molecule has 3 heteroatoms. The molecule has 0 nitrogen and oxygen atoms in total. The summed E-state index contributed by atoms with van der Waals surface area (Å²) in [6, 6.07) is 0. The van der Waals surface area contributed by atoms with Crippen molar-refractivity contribution in [2.45, 2.75) is 0 Å². The monoisotopic (exact) mass is 114 g/mol. The molecule has 0 atom stereocenters. The fourth-order valence-corrected chi connectivity index (χ4v) is 0. The summed E-state index contributed by atoms with van der Waals surface area (Å²) in [6.45, 7) is 0. The minimum absolute atomic E-state index is 0. The number of hydrogen-bond donors (Lipinski definition) is 1. The quantitative estimate of drug-likeness (QED) is 0.366. The maximum Gasteiger partial charge on any atom is -0.00816 e. The molecule has 0 aliphatic rings. The molecular formula is CH6S3. The molecule has 0 radical (unpaired) electrons. The van der Waals surface area contributed by atoms with Gasteiger partial charge in [-0.3, -0.25) is 0 Å². The number of rotatable bonds is 0. The Labute approximate surface area is 42.6 Å². The van der Waals surface area contributed by atoms with Gasteiger partial charge in [-0.1, -0.05) is 0 Å². The van der Waals surface area contributed by atoms with Gasteiger partial charge in [-0.25, -0.2) is 0 Å². The van der Waals surface area contributed by atoms with Crippen LogP contribution in [0.25, 0.3) is 0 Å². The lowest BCUT2D eigenvalue weighted by atomic mass is 12.0. The standard InChI is InChI=1S/CH4S2.H2S/c1-3-2;/h2H,1H3;1H2. The van der Waals surface area contributed by atoms with E-state index in [-0.39, 0.29) is 13.5 Å². The molecule has 0 unspecified atom stereocenters. The Morgan fingerprint density at radius 2 is 1.75 bits per heavy atom. The van der Waals surface area contributed by atoms with Crippen LogP contribution in [0.1, 0.15) is 0 Å². The summed E-state index contributed by atoms with van der Waals surface area (Å²) in [5.74, 6) is 0. The SMILES string of the molecule is CSS.S. The van der Waals surface area contributed by atoms with Crippen LogP contribution < -0.4 is 0 Å². The third-order valence-electron chi connectivity index (χ3n) is 0. The van der Waals surface area contributed by atoms with E-state index in [1.54, 1.807) is 0 Å². The van der Waals surface area contributed by atoms with Gasteiger partial charge in [-0.15, -0.1) is 22.5 Å². The summed E-state index contributed by atoms with van der Waals surface area (Å²) >= 11 is 3.71. The molecule has 0 spiro atoms. The van der Waals surface area contributed by atoms with E-state index < -0.39 is 0 Å². The summed E-state index contributed by atoms with van der Waals surface area (Å²) < 4.78 is 0. The van der Waals surface area contributed by atoms with Crippen LogP contribution in [0.5, 0.6) is 0 Å². The van der Waals surface area contributed by atoms with Crippen LogP contribution in [0.15, 0.2) is 0 Å². The first-order valence-corrected chi connectivity index (χ1v) is 2.87. The Morgan fingerprint density at radius 1 is 1.75 bits per heavy atom. The van der Waals surface area contributed by atoms with Crippen LogP contribution in [0.2, 0.25) is 0 Å². The summed E-state index contributed by atoms with van der Waals surface area (Å²) in [7, 11) is 1.44. The van der Waals surface area contributed by atoms with Gasteiger partial charge in [0.2, 0.25) is 0 Å². The molecule has 0 aliphatic carbocycles. The molecule has 0 fully saturated rings. The highest BCUT2D eigenvalue weighted by Gasteiger charge is 1.34. The van der Waals surface area contributed by atoms with Gasteiger partial charge in [0.1, 0.15) is 0 Å². The van der Waals surface area contributed by atoms with Gasteiger partial charge in [-0.05, 0) is 6.26 Å². The maximum absolute atomic E-state index is 3.71. The topological polar surface area (TPSA) is 0 Å². The van der Waals surface area contributed by atoms with Crippen molar-refractivity contribution >= 4 is 36.0 Å². The maximum atomic E-state index is 3.71. The highest BCUT2D eigenvalue weighted by molar-refractivity contribution is 8.68. The first kappa shape index (κ1) is 8.90. The van der Waals surface area contributed by atoms with E-state index in [1.807, 2.05) is 6.26 Å². The smallest absolute Gasteiger partial charge is 0.00816 e. The van der Waals surface area contributed by atoms with Crippen molar-refractivity contribution in [3.8, 4) is 0 Å². The van der Waals surface area contributed by atoms with E-state index in [2.05, 4.69) is 11.7 Å². The van der Waals surface area contributed by atoms with Crippen molar-refractivity contribution in [2.75, 3.05) is 6.26 Å². The fourth-order valence-electron chi connectivity index (χ4n) is 0. The van der Waals surface area contributed by atoms with Gasteiger partial charge in [0.25, 0.3) is 0 Å². The Hall–Kier alpha value is 1.05. The minimum Gasteiger partial charge on any atom is -0.197 e. The second-order valence-electron chi connectivity index (χ2n) is 0.183. The first-order valence-electron chi connectivity index (χ1n) is 0.591. The molecule has 0 aromatic heterocycles. The molecule has 0 saturated carbocycles. The van der Waals surface area contributed by atoms with Crippen LogP contribution in [0, 0.1) is 0 Å². The molecular weight excluding hydrogens is 108 g/mol. The molecule has 0 saturated heterocycles. The van der Waals surface area contributed by atoms with Gasteiger partial charge in [0.05, 0.1) is 0 Å². The van der Waals surface area contributed by atoms with Gasteiger partial charge in [0.15, 0.2) is 0 Å². The van der Waals surface area contributed by atoms with E-state index in [1.165, 1.54) is 10.8 Å². The van der Waals surface area contributed by atoms with Crippen molar-refractivity contribution in [1.29, 1.82) is 0 Å².